The fourth-order valence-corrected chi connectivity index (χ4v) is 1.65. The summed E-state index contributed by atoms with van der Waals surface area (Å²) in [5.74, 6) is 0.634. The molecule has 0 aliphatic rings. The van der Waals surface area contributed by atoms with Gasteiger partial charge in [-0.25, -0.2) is 0 Å². The lowest BCUT2D eigenvalue weighted by molar-refractivity contribution is -0.117. The minimum absolute atomic E-state index is 0.00992. The highest BCUT2D eigenvalue weighted by atomic mass is 16.5. The Labute approximate surface area is 114 Å². The van der Waals surface area contributed by atoms with Gasteiger partial charge in [-0.3, -0.25) is 4.79 Å². The number of hydrogen-bond donors (Lipinski definition) is 1. The molecular weight excluding hydrogens is 242 g/mol. The number of rotatable bonds is 7. The second kappa shape index (κ2) is 8.32. The van der Waals surface area contributed by atoms with Crippen LogP contribution in [0.2, 0.25) is 0 Å². The van der Waals surface area contributed by atoms with E-state index in [2.05, 4.69) is 5.32 Å². The zero-order valence-electron chi connectivity index (χ0n) is 11.7. The van der Waals surface area contributed by atoms with E-state index >= 15 is 0 Å². The maximum Gasteiger partial charge on any atom is 0.244 e. The molecule has 1 N–H and O–H groups in total. The van der Waals surface area contributed by atoms with E-state index in [-0.39, 0.29) is 11.9 Å². The van der Waals surface area contributed by atoms with Crippen LogP contribution < -0.4 is 10.1 Å². The molecule has 4 nitrogen and oxygen atoms in total. The van der Waals surface area contributed by atoms with Gasteiger partial charge in [-0.15, -0.1) is 0 Å². The number of hydrogen-bond acceptors (Lipinski definition) is 3. The molecular formula is C15H21NO3. The normalized spacial score (nSPS) is 12.4. The van der Waals surface area contributed by atoms with Crippen LogP contribution in [-0.4, -0.2) is 32.3 Å². The van der Waals surface area contributed by atoms with Crippen LogP contribution in [0.5, 0.6) is 5.75 Å². The number of carbonyl (C=O) groups excluding carboxylic acids is 1. The van der Waals surface area contributed by atoms with Crippen LogP contribution in [0.1, 0.15) is 19.4 Å². The van der Waals surface area contributed by atoms with Crippen LogP contribution in [0.25, 0.3) is 6.08 Å². The monoisotopic (exact) mass is 263 g/mol. The average Bonchev–Trinajstić information content (AvgIpc) is 2.38. The molecule has 0 aliphatic heterocycles. The Morgan fingerprint density at radius 3 is 2.84 bits per heavy atom. The molecule has 104 valence electrons. The zero-order chi connectivity index (χ0) is 14.1. The molecule has 4 heteroatoms. The number of benzene rings is 1. The molecule has 0 radical (unpaired) electrons. The van der Waals surface area contributed by atoms with Gasteiger partial charge in [0.05, 0.1) is 13.2 Å². The summed E-state index contributed by atoms with van der Waals surface area (Å²) >= 11 is 0. The van der Waals surface area contributed by atoms with Gasteiger partial charge in [0.25, 0.3) is 0 Å². The summed E-state index contributed by atoms with van der Waals surface area (Å²) in [7, 11) is 1.61. The van der Waals surface area contributed by atoms with E-state index in [9.17, 15) is 4.79 Å². The molecule has 1 unspecified atom stereocenters. The van der Waals surface area contributed by atoms with Crippen LogP contribution in [0.15, 0.2) is 30.3 Å². The van der Waals surface area contributed by atoms with Gasteiger partial charge in [0.1, 0.15) is 5.75 Å². The lowest BCUT2D eigenvalue weighted by atomic mass is 10.2. The first kappa shape index (κ1) is 15.2. The van der Waals surface area contributed by atoms with E-state index in [1.54, 1.807) is 13.2 Å². The smallest absolute Gasteiger partial charge is 0.244 e. The number of methoxy groups -OCH3 is 1. The zero-order valence-corrected chi connectivity index (χ0v) is 11.7. The summed E-state index contributed by atoms with van der Waals surface area (Å²) in [6.45, 7) is 4.92. The Hall–Kier alpha value is -1.81. The van der Waals surface area contributed by atoms with Crippen LogP contribution in [0, 0.1) is 0 Å². The quantitative estimate of drug-likeness (QED) is 0.768. The standard InChI is InChI=1S/C15H21NO3/c1-4-19-14-8-6-5-7-13(14)9-10-15(17)16-12(2)11-18-3/h5-10,12H,4,11H2,1-3H3,(H,16,17)/b10-9+. The largest absolute Gasteiger partial charge is 0.493 e. The lowest BCUT2D eigenvalue weighted by Gasteiger charge is -2.10. The Balaban J connectivity index is 2.63. The molecule has 0 saturated heterocycles. The third-order valence-corrected chi connectivity index (χ3v) is 2.44. The molecule has 0 aromatic heterocycles. The molecule has 1 amide bonds. The van der Waals surface area contributed by atoms with Crippen molar-refractivity contribution in [3.05, 3.63) is 35.9 Å². The first-order valence-corrected chi connectivity index (χ1v) is 6.36. The highest BCUT2D eigenvalue weighted by molar-refractivity contribution is 5.92. The highest BCUT2D eigenvalue weighted by Crippen LogP contribution is 2.19. The van der Waals surface area contributed by atoms with Crippen molar-refractivity contribution in [3.63, 3.8) is 0 Å². The fraction of sp³-hybridized carbons (Fsp3) is 0.400. The predicted molar refractivity (Wildman–Crippen MR) is 76.1 cm³/mol. The van der Waals surface area contributed by atoms with Gasteiger partial charge in [0.15, 0.2) is 0 Å². The summed E-state index contributed by atoms with van der Waals surface area (Å²) < 4.78 is 10.4. The molecule has 0 aliphatic carbocycles. The summed E-state index contributed by atoms with van der Waals surface area (Å²) in [6.07, 6.45) is 3.25. The molecule has 0 bridgehead atoms. The molecule has 1 atom stereocenters. The number of ether oxygens (including phenoxy) is 2. The Kier molecular flexibility index (Phi) is 6.68. The molecule has 0 heterocycles. The van der Waals surface area contributed by atoms with Crippen LogP contribution in [0.3, 0.4) is 0 Å². The van der Waals surface area contributed by atoms with Gasteiger partial charge < -0.3 is 14.8 Å². The van der Waals surface area contributed by atoms with E-state index in [0.717, 1.165) is 11.3 Å². The Bertz CT molecular complexity index is 429. The van der Waals surface area contributed by atoms with Crippen molar-refractivity contribution < 1.29 is 14.3 Å². The second-order valence-electron chi connectivity index (χ2n) is 4.17. The molecule has 0 spiro atoms. The van der Waals surface area contributed by atoms with Crippen molar-refractivity contribution in [1.29, 1.82) is 0 Å². The van der Waals surface area contributed by atoms with E-state index in [1.807, 2.05) is 38.1 Å². The first-order valence-electron chi connectivity index (χ1n) is 6.36. The summed E-state index contributed by atoms with van der Waals surface area (Å²) in [5, 5.41) is 2.81. The van der Waals surface area contributed by atoms with Crippen molar-refractivity contribution in [2.45, 2.75) is 19.9 Å². The number of nitrogens with one attached hydrogen (secondary N) is 1. The Morgan fingerprint density at radius 2 is 2.16 bits per heavy atom. The van der Waals surface area contributed by atoms with Crippen LogP contribution >= 0.6 is 0 Å². The van der Waals surface area contributed by atoms with Crippen molar-refractivity contribution in [3.8, 4) is 5.75 Å². The van der Waals surface area contributed by atoms with E-state index in [4.69, 9.17) is 9.47 Å². The van der Waals surface area contributed by atoms with E-state index < -0.39 is 0 Å². The predicted octanol–water partition coefficient (Wildman–Crippen LogP) is 2.25. The van der Waals surface area contributed by atoms with Crippen molar-refractivity contribution >= 4 is 12.0 Å². The maximum absolute atomic E-state index is 11.7. The van der Waals surface area contributed by atoms with Gasteiger partial charge in [0.2, 0.25) is 5.91 Å². The first-order chi connectivity index (χ1) is 9.17. The molecule has 19 heavy (non-hydrogen) atoms. The SMILES string of the molecule is CCOc1ccccc1/C=C/C(=O)NC(C)COC. The third-order valence-electron chi connectivity index (χ3n) is 2.44. The minimum Gasteiger partial charge on any atom is -0.493 e. The van der Waals surface area contributed by atoms with Gasteiger partial charge in [-0.2, -0.15) is 0 Å². The summed E-state index contributed by atoms with van der Waals surface area (Å²) in [6, 6.07) is 7.60. The van der Waals surface area contributed by atoms with Crippen molar-refractivity contribution in [2.75, 3.05) is 20.3 Å². The third kappa shape index (κ3) is 5.57. The van der Waals surface area contributed by atoms with Crippen LogP contribution in [-0.2, 0) is 9.53 Å². The molecule has 1 aromatic rings. The van der Waals surface area contributed by atoms with Gasteiger partial charge >= 0.3 is 0 Å². The number of para-hydroxylation sites is 1. The minimum atomic E-state index is -0.143. The van der Waals surface area contributed by atoms with Crippen LogP contribution in [0.4, 0.5) is 0 Å². The van der Waals surface area contributed by atoms with Gasteiger partial charge in [-0.1, -0.05) is 18.2 Å². The van der Waals surface area contributed by atoms with E-state index in [1.165, 1.54) is 6.08 Å². The Morgan fingerprint density at radius 1 is 1.42 bits per heavy atom. The molecule has 0 fully saturated rings. The summed E-state index contributed by atoms with van der Waals surface area (Å²) in [4.78, 5) is 11.7. The fourth-order valence-electron chi connectivity index (χ4n) is 1.65. The van der Waals surface area contributed by atoms with E-state index in [0.29, 0.717) is 13.2 Å². The topological polar surface area (TPSA) is 47.6 Å². The molecule has 1 aromatic carbocycles. The number of amides is 1. The lowest BCUT2D eigenvalue weighted by Crippen LogP contribution is -2.34. The summed E-state index contributed by atoms with van der Waals surface area (Å²) in [5.41, 5.74) is 0.888. The second-order valence-corrected chi connectivity index (χ2v) is 4.17. The molecule has 1 rings (SSSR count). The van der Waals surface area contributed by atoms with Gasteiger partial charge in [-0.05, 0) is 26.0 Å². The van der Waals surface area contributed by atoms with Crippen molar-refractivity contribution in [1.82, 2.24) is 5.32 Å². The molecule has 0 saturated carbocycles. The van der Waals surface area contributed by atoms with Crippen molar-refractivity contribution in [2.24, 2.45) is 0 Å². The highest BCUT2D eigenvalue weighted by Gasteiger charge is 2.04. The number of carbonyl (C=O) groups is 1. The average molecular weight is 263 g/mol. The van der Waals surface area contributed by atoms with Gasteiger partial charge in [0, 0.05) is 24.8 Å². The maximum atomic E-state index is 11.7.